The van der Waals surface area contributed by atoms with Crippen LogP contribution in [0.2, 0.25) is 0 Å². The van der Waals surface area contributed by atoms with Gasteiger partial charge >= 0.3 is 0 Å². The van der Waals surface area contributed by atoms with E-state index < -0.39 is 11.0 Å². The van der Waals surface area contributed by atoms with Gasteiger partial charge in [0.1, 0.15) is 12.9 Å². The molecule has 0 saturated carbocycles. The smallest absolute Gasteiger partial charge is 0.238 e. The molecule has 0 aliphatic carbocycles. The molecule has 0 amide bonds. The second-order valence-electron chi connectivity index (χ2n) is 8.67. The number of benzene rings is 2. The van der Waals surface area contributed by atoms with Crippen LogP contribution in [-0.4, -0.2) is 40.2 Å². The van der Waals surface area contributed by atoms with Crippen LogP contribution in [0.5, 0.6) is 5.88 Å². The van der Waals surface area contributed by atoms with Crippen LogP contribution in [0.4, 0.5) is 5.95 Å². The van der Waals surface area contributed by atoms with Crippen molar-refractivity contribution >= 4 is 23.2 Å². The maximum atomic E-state index is 13.0. The largest absolute Gasteiger partial charge is 0.476 e. The molecule has 34 heavy (non-hydrogen) atoms. The van der Waals surface area contributed by atoms with Gasteiger partial charge in [0, 0.05) is 23.2 Å². The van der Waals surface area contributed by atoms with E-state index in [2.05, 4.69) is 33.9 Å². The van der Waals surface area contributed by atoms with Gasteiger partial charge in [-0.25, -0.2) is 9.19 Å². The Labute approximate surface area is 204 Å². The van der Waals surface area contributed by atoms with Crippen LogP contribution in [0.15, 0.2) is 53.4 Å². The van der Waals surface area contributed by atoms with Gasteiger partial charge in [0.15, 0.2) is 11.0 Å². The maximum Gasteiger partial charge on any atom is 0.238 e. The van der Waals surface area contributed by atoms with Gasteiger partial charge in [0.2, 0.25) is 11.8 Å². The lowest BCUT2D eigenvalue weighted by atomic mass is 10.00. The van der Waals surface area contributed by atoms with Crippen LogP contribution in [0.1, 0.15) is 41.8 Å². The van der Waals surface area contributed by atoms with Crippen molar-refractivity contribution in [2.24, 2.45) is 5.92 Å². The van der Waals surface area contributed by atoms with Crippen LogP contribution in [0.25, 0.3) is 11.3 Å². The summed E-state index contributed by atoms with van der Waals surface area (Å²) in [5.41, 5.74) is 4.27. The zero-order valence-corrected chi connectivity index (χ0v) is 21.1. The number of hydrogen-bond donors (Lipinski definition) is 2. The van der Waals surface area contributed by atoms with Crippen molar-refractivity contribution in [2.45, 2.75) is 45.1 Å². The van der Waals surface area contributed by atoms with Crippen molar-refractivity contribution in [1.29, 1.82) is 0 Å². The molecule has 1 heterocycles. The normalized spacial score (nSPS) is 12.9. The van der Waals surface area contributed by atoms with Crippen molar-refractivity contribution in [3.63, 3.8) is 0 Å². The van der Waals surface area contributed by atoms with E-state index in [1.807, 2.05) is 45.2 Å². The summed E-state index contributed by atoms with van der Waals surface area (Å²) in [4.78, 5) is 20.7. The Hall–Kier alpha value is -3.10. The number of aryl methyl sites for hydroxylation is 2. The molecule has 0 aliphatic rings. The predicted molar refractivity (Wildman–Crippen MR) is 137 cm³/mol. The highest BCUT2D eigenvalue weighted by molar-refractivity contribution is 7.86. The number of nitrogens with zero attached hydrogens (tertiary/aromatic N) is 2. The molecular weight excluding hydrogens is 448 g/mol. The zero-order valence-electron chi connectivity index (χ0n) is 20.3. The van der Waals surface area contributed by atoms with Crippen LogP contribution in [0.3, 0.4) is 0 Å². The average molecular weight is 481 g/mol. The SMILES string of the molecule is CN[C@@H](COc1cc(-c2c(C)cccc2C)nc(NS(=O)c2cccc(C=O)c2)n1)CC(C)C. The summed E-state index contributed by atoms with van der Waals surface area (Å²) < 4.78 is 21.9. The molecule has 0 aliphatic heterocycles. The summed E-state index contributed by atoms with van der Waals surface area (Å²) in [5.74, 6) is 1.12. The molecule has 3 rings (SSSR count). The predicted octanol–water partition coefficient (Wildman–Crippen LogP) is 4.72. The number of aromatic nitrogens is 2. The van der Waals surface area contributed by atoms with Crippen LogP contribution < -0.4 is 14.8 Å². The highest BCUT2D eigenvalue weighted by Crippen LogP contribution is 2.29. The standard InChI is InChI=1S/C26H32N4O3S/c1-17(2)12-21(27-5)16-33-24-14-23(25-18(3)8-6-9-19(25)4)28-26(29-24)30-34(32)22-11-7-10-20(13-22)15-31/h6-11,13-15,17,21,27H,12,16H2,1-5H3,(H,28,29,30)/t21-,34?/m1/s1. The molecule has 0 fully saturated rings. The zero-order chi connectivity index (χ0) is 24.7. The Bertz CT molecular complexity index is 1150. The minimum atomic E-state index is -1.65. The second kappa shape index (κ2) is 11.9. The number of nitrogens with one attached hydrogen (secondary N) is 2. The summed E-state index contributed by atoms with van der Waals surface area (Å²) in [6, 6.07) is 14.7. The fourth-order valence-electron chi connectivity index (χ4n) is 3.76. The number of anilines is 1. The van der Waals surface area contributed by atoms with Crippen LogP contribution in [-0.2, 0) is 11.0 Å². The van der Waals surface area contributed by atoms with E-state index in [9.17, 15) is 9.00 Å². The minimum Gasteiger partial charge on any atom is -0.476 e. The average Bonchev–Trinajstić information content (AvgIpc) is 2.81. The Morgan fingerprint density at radius 3 is 2.41 bits per heavy atom. The summed E-state index contributed by atoms with van der Waals surface area (Å²) in [5, 5.41) is 3.29. The lowest BCUT2D eigenvalue weighted by Crippen LogP contribution is -2.33. The number of aldehydes is 1. The number of hydrogen-bond acceptors (Lipinski definition) is 6. The van der Waals surface area contributed by atoms with Gasteiger partial charge in [-0.05, 0) is 56.5 Å². The summed E-state index contributed by atoms with van der Waals surface area (Å²) in [6.45, 7) is 8.85. The Balaban J connectivity index is 1.95. The molecular formula is C26H32N4O3S. The number of carbonyl (C=O) groups is 1. The van der Waals surface area contributed by atoms with Gasteiger partial charge < -0.3 is 10.1 Å². The minimum absolute atomic E-state index is 0.176. The van der Waals surface area contributed by atoms with Crippen LogP contribution in [0, 0.1) is 19.8 Å². The van der Waals surface area contributed by atoms with Gasteiger partial charge in [0.25, 0.3) is 0 Å². The number of rotatable bonds is 11. The first-order valence-corrected chi connectivity index (χ1v) is 12.4. The van der Waals surface area contributed by atoms with Crippen molar-refractivity contribution in [2.75, 3.05) is 18.4 Å². The van der Waals surface area contributed by atoms with Crippen molar-refractivity contribution in [3.8, 4) is 17.1 Å². The molecule has 0 bridgehead atoms. The molecule has 1 aromatic heterocycles. The summed E-state index contributed by atoms with van der Waals surface area (Å²) >= 11 is 0. The molecule has 2 N–H and O–H groups in total. The van der Waals surface area contributed by atoms with Crippen molar-refractivity contribution in [1.82, 2.24) is 15.3 Å². The maximum absolute atomic E-state index is 13.0. The number of ether oxygens (including phenoxy) is 1. The highest BCUT2D eigenvalue weighted by atomic mass is 32.2. The molecule has 8 heteroatoms. The van der Waals surface area contributed by atoms with E-state index in [-0.39, 0.29) is 12.0 Å². The van der Waals surface area contributed by atoms with E-state index in [0.717, 1.165) is 29.4 Å². The quantitative estimate of drug-likeness (QED) is 0.386. The molecule has 2 atom stereocenters. The molecule has 0 saturated heterocycles. The Morgan fingerprint density at radius 2 is 1.76 bits per heavy atom. The molecule has 7 nitrogen and oxygen atoms in total. The van der Waals surface area contributed by atoms with E-state index >= 15 is 0 Å². The van der Waals surface area contributed by atoms with E-state index in [1.165, 1.54) is 0 Å². The summed E-state index contributed by atoms with van der Waals surface area (Å²) in [6.07, 6.45) is 1.69. The van der Waals surface area contributed by atoms with Gasteiger partial charge in [-0.1, -0.05) is 44.2 Å². The molecule has 1 unspecified atom stereocenters. The monoisotopic (exact) mass is 480 g/mol. The Kier molecular flexibility index (Phi) is 8.90. The lowest BCUT2D eigenvalue weighted by molar-refractivity contribution is 0.112. The Morgan fingerprint density at radius 1 is 1.06 bits per heavy atom. The third kappa shape index (κ3) is 6.71. The first kappa shape index (κ1) is 25.5. The third-order valence-corrected chi connectivity index (χ3v) is 6.48. The van der Waals surface area contributed by atoms with Crippen molar-refractivity contribution < 1.29 is 13.7 Å². The van der Waals surface area contributed by atoms with Gasteiger partial charge in [-0.2, -0.15) is 4.98 Å². The molecule has 180 valence electrons. The van der Waals surface area contributed by atoms with Gasteiger partial charge in [-0.15, -0.1) is 0 Å². The highest BCUT2D eigenvalue weighted by Gasteiger charge is 2.16. The molecule has 0 radical (unpaired) electrons. The first-order valence-electron chi connectivity index (χ1n) is 11.3. The topological polar surface area (TPSA) is 93.2 Å². The lowest BCUT2D eigenvalue weighted by Gasteiger charge is -2.19. The number of carbonyl (C=O) groups excluding carboxylic acids is 1. The molecule has 2 aromatic carbocycles. The molecule has 3 aromatic rings. The second-order valence-corrected chi connectivity index (χ2v) is 9.88. The third-order valence-electron chi connectivity index (χ3n) is 5.43. The van der Waals surface area contributed by atoms with E-state index in [0.29, 0.717) is 34.6 Å². The first-order chi connectivity index (χ1) is 16.3. The van der Waals surface area contributed by atoms with Crippen LogP contribution >= 0.6 is 0 Å². The fourth-order valence-corrected chi connectivity index (χ4v) is 4.58. The number of likely N-dealkylation sites (N-methyl/N-ethyl adjacent to an activating group) is 1. The van der Waals surface area contributed by atoms with Gasteiger partial charge in [-0.3, -0.25) is 9.52 Å². The molecule has 0 spiro atoms. The van der Waals surface area contributed by atoms with E-state index in [1.54, 1.807) is 24.3 Å². The van der Waals surface area contributed by atoms with Gasteiger partial charge in [0.05, 0.1) is 10.6 Å². The fraction of sp³-hybridized carbons (Fsp3) is 0.346. The van der Waals surface area contributed by atoms with E-state index in [4.69, 9.17) is 4.74 Å². The summed E-state index contributed by atoms with van der Waals surface area (Å²) in [7, 11) is 0.265. The van der Waals surface area contributed by atoms with Crippen molar-refractivity contribution in [3.05, 3.63) is 65.2 Å².